The third kappa shape index (κ3) is 4.07. The largest absolute Gasteiger partial charge is 0.378 e. The summed E-state index contributed by atoms with van der Waals surface area (Å²) in [5.74, 6) is 0.820. The topological polar surface area (TPSA) is 21.3 Å². The van der Waals surface area contributed by atoms with Gasteiger partial charge in [-0.15, -0.1) is 0 Å². The second-order valence-corrected chi connectivity index (χ2v) is 6.01. The Morgan fingerprint density at radius 1 is 1.25 bits per heavy atom. The molecule has 0 saturated heterocycles. The SMILES string of the molecule is CCCNC(CC1CC(OCC)C1)c1ccccc1C. The smallest absolute Gasteiger partial charge is 0.0580 e. The van der Waals surface area contributed by atoms with Crippen LogP contribution in [0.25, 0.3) is 0 Å². The van der Waals surface area contributed by atoms with Crippen molar-refractivity contribution in [2.24, 2.45) is 5.92 Å². The van der Waals surface area contributed by atoms with Crippen LogP contribution in [0.2, 0.25) is 0 Å². The zero-order chi connectivity index (χ0) is 14.4. The summed E-state index contributed by atoms with van der Waals surface area (Å²) in [6.45, 7) is 8.50. The van der Waals surface area contributed by atoms with E-state index in [9.17, 15) is 0 Å². The predicted octanol–water partition coefficient (Wildman–Crippen LogP) is 4.24. The molecule has 112 valence electrons. The van der Waals surface area contributed by atoms with E-state index in [4.69, 9.17) is 4.74 Å². The van der Waals surface area contributed by atoms with Crippen molar-refractivity contribution < 1.29 is 4.74 Å². The van der Waals surface area contributed by atoms with Crippen molar-refractivity contribution >= 4 is 0 Å². The van der Waals surface area contributed by atoms with Crippen molar-refractivity contribution in [3.05, 3.63) is 35.4 Å². The Morgan fingerprint density at radius 2 is 2.00 bits per heavy atom. The number of rotatable bonds is 8. The molecule has 0 aliphatic heterocycles. The highest BCUT2D eigenvalue weighted by Crippen LogP contribution is 2.37. The molecule has 2 rings (SSSR count). The normalized spacial score (nSPS) is 23.4. The molecule has 1 N–H and O–H groups in total. The Bertz CT molecular complexity index is 398. The zero-order valence-electron chi connectivity index (χ0n) is 13.2. The van der Waals surface area contributed by atoms with Crippen LogP contribution in [0.3, 0.4) is 0 Å². The number of ether oxygens (including phenoxy) is 1. The second-order valence-electron chi connectivity index (χ2n) is 6.01. The fourth-order valence-corrected chi connectivity index (χ4v) is 3.19. The minimum Gasteiger partial charge on any atom is -0.378 e. The van der Waals surface area contributed by atoms with Crippen LogP contribution in [0.5, 0.6) is 0 Å². The first kappa shape index (κ1) is 15.5. The van der Waals surface area contributed by atoms with Crippen LogP contribution in [0, 0.1) is 12.8 Å². The number of nitrogens with one attached hydrogen (secondary N) is 1. The van der Waals surface area contributed by atoms with Gasteiger partial charge in [0.25, 0.3) is 0 Å². The maximum Gasteiger partial charge on any atom is 0.0580 e. The highest BCUT2D eigenvalue weighted by atomic mass is 16.5. The first-order chi connectivity index (χ1) is 9.74. The first-order valence-electron chi connectivity index (χ1n) is 8.15. The lowest BCUT2D eigenvalue weighted by Crippen LogP contribution is -2.35. The van der Waals surface area contributed by atoms with Crippen molar-refractivity contribution in [3.8, 4) is 0 Å². The van der Waals surface area contributed by atoms with Gasteiger partial charge in [-0.05, 0) is 63.1 Å². The number of hydrogen-bond acceptors (Lipinski definition) is 2. The third-order valence-corrected chi connectivity index (χ3v) is 4.37. The van der Waals surface area contributed by atoms with Crippen LogP contribution < -0.4 is 5.32 Å². The first-order valence-corrected chi connectivity index (χ1v) is 8.15. The number of hydrogen-bond donors (Lipinski definition) is 1. The summed E-state index contributed by atoms with van der Waals surface area (Å²) in [7, 11) is 0. The van der Waals surface area contributed by atoms with E-state index in [1.807, 2.05) is 0 Å². The highest BCUT2D eigenvalue weighted by Gasteiger charge is 2.31. The van der Waals surface area contributed by atoms with Crippen molar-refractivity contribution in [2.45, 2.75) is 58.6 Å². The van der Waals surface area contributed by atoms with Gasteiger partial charge in [0.15, 0.2) is 0 Å². The predicted molar refractivity (Wildman–Crippen MR) is 85.0 cm³/mol. The lowest BCUT2D eigenvalue weighted by Gasteiger charge is -2.37. The van der Waals surface area contributed by atoms with Gasteiger partial charge in [0.2, 0.25) is 0 Å². The average Bonchev–Trinajstić information content (AvgIpc) is 2.41. The molecule has 2 heteroatoms. The molecule has 0 spiro atoms. The molecule has 2 nitrogen and oxygen atoms in total. The Kier molecular flexibility index (Phi) is 6.06. The van der Waals surface area contributed by atoms with Crippen LogP contribution in [0.4, 0.5) is 0 Å². The van der Waals surface area contributed by atoms with E-state index in [0.717, 1.165) is 19.1 Å². The molecule has 0 aromatic heterocycles. The maximum atomic E-state index is 5.68. The molecule has 1 aromatic rings. The fraction of sp³-hybridized carbons (Fsp3) is 0.667. The van der Waals surface area contributed by atoms with E-state index >= 15 is 0 Å². The highest BCUT2D eigenvalue weighted by molar-refractivity contribution is 5.28. The molecular weight excluding hydrogens is 246 g/mol. The van der Waals surface area contributed by atoms with Gasteiger partial charge in [-0.25, -0.2) is 0 Å². The van der Waals surface area contributed by atoms with Gasteiger partial charge in [-0.1, -0.05) is 31.2 Å². The lowest BCUT2D eigenvalue weighted by molar-refractivity contribution is -0.0291. The van der Waals surface area contributed by atoms with Crippen molar-refractivity contribution in [2.75, 3.05) is 13.2 Å². The molecule has 1 unspecified atom stereocenters. The third-order valence-electron chi connectivity index (χ3n) is 4.37. The molecule has 0 amide bonds. The summed E-state index contributed by atoms with van der Waals surface area (Å²) in [5, 5.41) is 3.73. The molecule has 0 radical (unpaired) electrons. The summed E-state index contributed by atoms with van der Waals surface area (Å²) in [6.07, 6.45) is 5.44. The summed E-state index contributed by atoms with van der Waals surface area (Å²) >= 11 is 0. The number of aryl methyl sites for hydroxylation is 1. The molecule has 1 fully saturated rings. The number of benzene rings is 1. The van der Waals surface area contributed by atoms with Crippen molar-refractivity contribution in [3.63, 3.8) is 0 Å². The average molecular weight is 275 g/mol. The molecule has 1 aliphatic carbocycles. The second kappa shape index (κ2) is 7.80. The minimum atomic E-state index is 0.503. The van der Waals surface area contributed by atoms with Crippen molar-refractivity contribution in [1.29, 1.82) is 0 Å². The van der Waals surface area contributed by atoms with Gasteiger partial charge >= 0.3 is 0 Å². The molecule has 20 heavy (non-hydrogen) atoms. The summed E-state index contributed by atoms with van der Waals surface area (Å²) in [4.78, 5) is 0. The minimum absolute atomic E-state index is 0.503. The van der Waals surface area contributed by atoms with Gasteiger partial charge < -0.3 is 10.1 Å². The van der Waals surface area contributed by atoms with Crippen LogP contribution >= 0.6 is 0 Å². The molecule has 1 atom stereocenters. The lowest BCUT2D eigenvalue weighted by atomic mass is 9.77. The molecule has 0 bridgehead atoms. The standard InChI is InChI=1S/C18H29NO/c1-4-10-19-18(17-9-7-6-8-14(17)3)13-15-11-16(12-15)20-5-2/h6-9,15-16,18-19H,4-5,10-13H2,1-3H3. The van der Waals surface area contributed by atoms with Crippen LogP contribution in [0.15, 0.2) is 24.3 Å². The van der Waals surface area contributed by atoms with E-state index in [-0.39, 0.29) is 0 Å². The van der Waals surface area contributed by atoms with Gasteiger partial charge in [0.05, 0.1) is 6.10 Å². The maximum absolute atomic E-state index is 5.68. The molecule has 1 aliphatic rings. The quantitative estimate of drug-likeness (QED) is 0.766. The van der Waals surface area contributed by atoms with Gasteiger partial charge in [-0.2, -0.15) is 0 Å². The Labute approximate surface area is 123 Å². The summed E-state index contributed by atoms with van der Waals surface area (Å²) < 4.78 is 5.68. The molecule has 1 saturated carbocycles. The Morgan fingerprint density at radius 3 is 2.65 bits per heavy atom. The van der Waals surface area contributed by atoms with Gasteiger partial charge in [-0.3, -0.25) is 0 Å². The van der Waals surface area contributed by atoms with E-state index in [1.165, 1.54) is 36.8 Å². The van der Waals surface area contributed by atoms with E-state index in [1.54, 1.807) is 0 Å². The monoisotopic (exact) mass is 275 g/mol. The van der Waals surface area contributed by atoms with Crippen LogP contribution in [-0.4, -0.2) is 19.3 Å². The van der Waals surface area contributed by atoms with E-state index in [2.05, 4.69) is 50.4 Å². The van der Waals surface area contributed by atoms with E-state index in [0.29, 0.717) is 12.1 Å². The van der Waals surface area contributed by atoms with Crippen molar-refractivity contribution in [1.82, 2.24) is 5.32 Å². The van der Waals surface area contributed by atoms with E-state index < -0.39 is 0 Å². The van der Waals surface area contributed by atoms with Gasteiger partial charge in [0.1, 0.15) is 0 Å². The molecular formula is C18H29NO. The summed E-state index contributed by atoms with van der Waals surface area (Å²) in [6, 6.07) is 9.29. The molecule has 1 aromatic carbocycles. The Hall–Kier alpha value is -0.860. The van der Waals surface area contributed by atoms with Crippen LogP contribution in [-0.2, 0) is 4.74 Å². The molecule has 0 heterocycles. The Balaban J connectivity index is 1.93. The zero-order valence-corrected chi connectivity index (χ0v) is 13.2. The fourth-order valence-electron chi connectivity index (χ4n) is 3.19. The summed E-state index contributed by atoms with van der Waals surface area (Å²) in [5.41, 5.74) is 2.88. The van der Waals surface area contributed by atoms with Gasteiger partial charge in [0, 0.05) is 12.6 Å². The van der Waals surface area contributed by atoms with Crippen LogP contribution in [0.1, 0.15) is 56.7 Å².